The molecule has 0 saturated carbocycles. The van der Waals surface area contributed by atoms with Gasteiger partial charge in [-0.15, -0.1) is 0 Å². The van der Waals surface area contributed by atoms with Crippen molar-refractivity contribution in [3.63, 3.8) is 0 Å². The maximum Gasteiger partial charge on any atom is 0.294 e. The normalized spacial score (nSPS) is 11.6. The highest BCUT2D eigenvalue weighted by Crippen LogP contribution is 2.32. The summed E-state index contributed by atoms with van der Waals surface area (Å²) in [6.45, 7) is 2.24. The van der Waals surface area contributed by atoms with E-state index in [9.17, 15) is 18.1 Å². The quantitative estimate of drug-likeness (QED) is 0.197. The Bertz CT molecular complexity index is 908. The summed E-state index contributed by atoms with van der Waals surface area (Å²) in [5, 5.41) is 9.84. The van der Waals surface area contributed by atoms with E-state index in [-0.39, 0.29) is 22.1 Å². The molecular weight excluding hydrogens is 424 g/mol. The van der Waals surface area contributed by atoms with Gasteiger partial charge in [0.1, 0.15) is 10.6 Å². The van der Waals surface area contributed by atoms with E-state index in [1.54, 1.807) is 30.3 Å². The van der Waals surface area contributed by atoms with Crippen molar-refractivity contribution in [2.75, 3.05) is 0 Å². The molecule has 0 amide bonds. The molecule has 0 aliphatic carbocycles. The van der Waals surface area contributed by atoms with Crippen molar-refractivity contribution in [1.82, 2.24) is 0 Å². The second kappa shape index (κ2) is 14.2. The molecule has 0 heterocycles. The lowest BCUT2D eigenvalue weighted by molar-refractivity contribution is 0.410. The minimum atomic E-state index is -4.37. The highest BCUT2D eigenvalue weighted by atomic mass is 32.2. The van der Waals surface area contributed by atoms with Crippen LogP contribution in [-0.2, 0) is 16.5 Å². The average Bonchev–Trinajstić information content (AvgIpc) is 2.76. The molecule has 0 aliphatic heterocycles. The van der Waals surface area contributed by atoms with Gasteiger partial charge in [0.15, 0.2) is 11.5 Å². The monoisotopic (exact) mass is 462 g/mol. The van der Waals surface area contributed by atoms with Gasteiger partial charge in [0.05, 0.1) is 0 Å². The first-order chi connectivity index (χ1) is 15.4. The lowest BCUT2D eigenvalue weighted by Gasteiger charge is -2.12. The van der Waals surface area contributed by atoms with Crippen LogP contribution in [0.2, 0.25) is 0 Å². The maximum atomic E-state index is 11.9. The highest BCUT2D eigenvalue weighted by molar-refractivity contribution is 7.85. The molecule has 2 rings (SSSR count). The number of para-hydroxylation sites is 2. The standard InChI is InChI=1S/C26H38O5S/c1-2-3-4-5-6-7-8-9-10-11-12-13-16-22-19-20-23(21-26(22)32(28,29)30)31-25-18-15-14-17-24(25)27/h14-15,17-21,27H,2-13,16H2,1H3,(H,28,29,30). The van der Waals surface area contributed by atoms with Crippen LogP contribution in [0.1, 0.15) is 89.5 Å². The molecule has 0 aromatic heterocycles. The summed E-state index contributed by atoms with van der Waals surface area (Å²) in [5.74, 6) is 0.432. The highest BCUT2D eigenvalue weighted by Gasteiger charge is 2.17. The summed E-state index contributed by atoms with van der Waals surface area (Å²) in [7, 11) is -4.37. The predicted molar refractivity (Wildman–Crippen MR) is 129 cm³/mol. The van der Waals surface area contributed by atoms with Gasteiger partial charge in [-0.25, -0.2) is 0 Å². The van der Waals surface area contributed by atoms with Crippen molar-refractivity contribution < 1.29 is 22.8 Å². The molecule has 5 nitrogen and oxygen atoms in total. The van der Waals surface area contributed by atoms with Crippen LogP contribution in [0.4, 0.5) is 0 Å². The lowest BCUT2D eigenvalue weighted by Crippen LogP contribution is -2.04. The molecule has 32 heavy (non-hydrogen) atoms. The van der Waals surface area contributed by atoms with Gasteiger partial charge in [0.2, 0.25) is 0 Å². The van der Waals surface area contributed by atoms with E-state index in [1.165, 1.54) is 69.9 Å². The van der Waals surface area contributed by atoms with Crippen LogP contribution in [0.3, 0.4) is 0 Å². The zero-order chi connectivity index (χ0) is 23.2. The molecule has 0 bridgehead atoms. The molecule has 0 unspecified atom stereocenters. The fraction of sp³-hybridized carbons (Fsp3) is 0.538. The first-order valence-electron chi connectivity index (χ1n) is 12.0. The fourth-order valence-electron chi connectivity index (χ4n) is 3.87. The van der Waals surface area contributed by atoms with E-state index < -0.39 is 10.1 Å². The SMILES string of the molecule is CCCCCCCCCCCCCCc1ccc(Oc2ccccc2O)cc1S(=O)(=O)O. The molecule has 0 spiro atoms. The van der Waals surface area contributed by atoms with Crippen LogP contribution in [0.25, 0.3) is 0 Å². The van der Waals surface area contributed by atoms with Crippen LogP contribution < -0.4 is 4.74 Å². The van der Waals surface area contributed by atoms with Gasteiger partial charge in [-0.1, -0.05) is 95.8 Å². The largest absolute Gasteiger partial charge is 0.504 e. The zero-order valence-corrected chi connectivity index (χ0v) is 20.1. The van der Waals surface area contributed by atoms with Crippen molar-refractivity contribution in [2.24, 2.45) is 0 Å². The number of ether oxygens (including phenoxy) is 1. The van der Waals surface area contributed by atoms with Crippen LogP contribution in [0.15, 0.2) is 47.4 Å². The minimum absolute atomic E-state index is 0.0403. The lowest BCUT2D eigenvalue weighted by atomic mass is 10.0. The summed E-state index contributed by atoms with van der Waals surface area (Å²) in [6.07, 6.45) is 15.5. The van der Waals surface area contributed by atoms with E-state index in [0.29, 0.717) is 12.0 Å². The minimum Gasteiger partial charge on any atom is -0.504 e. The summed E-state index contributed by atoms with van der Waals surface area (Å²) in [5.41, 5.74) is 0.587. The second-order valence-electron chi connectivity index (χ2n) is 8.45. The summed E-state index contributed by atoms with van der Waals surface area (Å²) in [4.78, 5) is -0.131. The zero-order valence-electron chi connectivity index (χ0n) is 19.3. The van der Waals surface area contributed by atoms with Crippen LogP contribution in [0, 0.1) is 0 Å². The van der Waals surface area contributed by atoms with Crippen molar-refractivity contribution in [1.29, 1.82) is 0 Å². The first kappa shape index (κ1) is 26.2. The van der Waals surface area contributed by atoms with Gasteiger partial charge in [-0.2, -0.15) is 8.42 Å². The number of rotatable bonds is 16. The predicted octanol–water partition coefficient (Wildman–Crippen LogP) is 7.67. The third-order valence-corrected chi connectivity index (χ3v) is 6.65. The Labute approximate surface area is 193 Å². The fourth-order valence-corrected chi connectivity index (χ4v) is 4.64. The molecule has 0 saturated heterocycles. The number of unbranched alkanes of at least 4 members (excludes halogenated alkanes) is 11. The van der Waals surface area contributed by atoms with E-state index in [2.05, 4.69) is 6.92 Å². The number of phenols is 1. The molecule has 0 aliphatic rings. The van der Waals surface area contributed by atoms with Crippen LogP contribution in [-0.4, -0.2) is 18.1 Å². The molecular formula is C26H38O5S. The smallest absolute Gasteiger partial charge is 0.294 e. The summed E-state index contributed by atoms with van der Waals surface area (Å²) >= 11 is 0. The third-order valence-electron chi connectivity index (χ3n) is 5.71. The summed E-state index contributed by atoms with van der Waals surface area (Å²) in [6, 6.07) is 11.1. The third kappa shape index (κ3) is 9.61. The molecule has 2 aromatic rings. The Hall–Kier alpha value is -2.05. The van der Waals surface area contributed by atoms with Gasteiger partial charge in [0, 0.05) is 6.07 Å². The Morgan fingerprint density at radius 2 is 1.34 bits per heavy atom. The molecule has 2 aromatic carbocycles. The van der Waals surface area contributed by atoms with E-state index in [1.807, 2.05) is 0 Å². The van der Waals surface area contributed by atoms with E-state index in [0.717, 1.165) is 19.3 Å². The van der Waals surface area contributed by atoms with Crippen molar-refractivity contribution in [3.05, 3.63) is 48.0 Å². The second-order valence-corrected chi connectivity index (χ2v) is 9.84. The van der Waals surface area contributed by atoms with E-state index >= 15 is 0 Å². The molecule has 178 valence electrons. The number of aryl methyl sites for hydroxylation is 1. The van der Waals surface area contributed by atoms with Gasteiger partial charge in [0.25, 0.3) is 10.1 Å². The topological polar surface area (TPSA) is 83.8 Å². The van der Waals surface area contributed by atoms with Gasteiger partial charge in [-0.05, 0) is 36.6 Å². The molecule has 2 N–H and O–H groups in total. The molecule has 0 radical (unpaired) electrons. The Balaban J connectivity index is 1.76. The maximum absolute atomic E-state index is 11.9. The number of phenolic OH excluding ortho intramolecular Hbond substituents is 1. The van der Waals surface area contributed by atoms with Crippen LogP contribution in [0.5, 0.6) is 17.2 Å². The van der Waals surface area contributed by atoms with Gasteiger partial charge in [-0.3, -0.25) is 4.55 Å². The van der Waals surface area contributed by atoms with Crippen molar-refractivity contribution >= 4 is 10.1 Å². The van der Waals surface area contributed by atoms with Gasteiger partial charge < -0.3 is 9.84 Å². The Morgan fingerprint density at radius 3 is 1.91 bits per heavy atom. The van der Waals surface area contributed by atoms with E-state index in [4.69, 9.17) is 4.74 Å². The van der Waals surface area contributed by atoms with Gasteiger partial charge >= 0.3 is 0 Å². The first-order valence-corrected chi connectivity index (χ1v) is 13.4. The number of aromatic hydroxyl groups is 1. The Morgan fingerprint density at radius 1 is 0.781 bits per heavy atom. The number of hydrogen-bond donors (Lipinski definition) is 2. The summed E-state index contributed by atoms with van der Waals surface area (Å²) < 4.78 is 39.1. The van der Waals surface area contributed by atoms with Crippen LogP contribution >= 0.6 is 0 Å². The molecule has 6 heteroatoms. The number of hydrogen-bond acceptors (Lipinski definition) is 4. The average molecular weight is 463 g/mol. The molecule has 0 fully saturated rings. The molecule has 0 atom stereocenters. The van der Waals surface area contributed by atoms with Crippen molar-refractivity contribution in [3.8, 4) is 17.2 Å². The number of benzene rings is 2. The Kier molecular flexibility index (Phi) is 11.6. The van der Waals surface area contributed by atoms with Crippen molar-refractivity contribution in [2.45, 2.75) is 95.3 Å².